The lowest BCUT2D eigenvalue weighted by Gasteiger charge is -2.60. The van der Waals surface area contributed by atoms with Gasteiger partial charge in [-0.05, 0) is 85.5 Å². The maximum absolute atomic E-state index is 12.2. The van der Waals surface area contributed by atoms with Crippen molar-refractivity contribution in [3.8, 4) is 0 Å². The van der Waals surface area contributed by atoms with Crippen LogP contribution in [-0.4, -0.2) is 17.4 Å². The van der Waals surface area contributed by atoms with Crippen LogP contribution >= 0.6 is 0 Å². The van der Waals surface area contributed by atoms with Gasteiger partial charge in [0.15, 0.2) is 5.78 Å². The minimum absolute atomic E-state index is 0.0561. The number of ether oxygens (including phenoxy) is 1. The summed E-state index contributed by atoms with van der Waals surface area (Å²) in [6, 6.07) is 0. The van der Waals surface area contributed by atoms with Crippen molar-refractivity contribution >= 4 is 11.8 Å². The van der Waals surface area contributed by atoms with Gasteiger partial charge in [-0.2, -0.15) is 0 Å². The van der Waals surface area contributed by atoms with Crippen molar-refractivity contribution in [2.24, 2.45) is 52.3 Å². The minimum atomic E-state index is -0.131. The van der Waals surface area contributed by atoms with Crippen LogP contribution < -0.4 is 0 Å². The first-order valence-electron chi connectivity index (χ1n) is 11.4. The van der Waals surface area contributed by atoms with Gasteiger partial charge in [0.1, 0.15) is 5.60 Å². The fourth-order valence-corrected chi connectivity index (χ4v) is 9.74. The van der Waals surface area contributed by atoms with Crippen molar-refractivity contribution in [2.45, 2.75) is 70.8 Å². The predicted octanol–water partition coefficient (Wildman–Crippen LogP) is 4.31. The third-order valence-electron chi connectivity index (χ3n) is 10.9. The zero-order valence-corrected chi connectivity index (χ0v) is 16.5. The molecule has 0 N–H and O–H groups in total. The largest absolute Gasteiger partial charge is 0.458 e. The van der Waals surface area contributed by atoms with E-state index in [1.807, 2.05) is 0 Å². The summed E-state index contributed by atoms with van der Waals surface area (Å²) < 4.78 is 6.22. The zero-order chi connectivity index (χ0) is 18.3. The molecule has 0 aromatic heterocycles. The van der Waals surface area contributed by atoms with Gasteiger partial charge in [-0.3, -0.25) is 9.59 Å². The maximum atomic E-state index is 12.2. The highest BCUT2D eigenvalue weighted by atomic mass is 16.6. The second-order valence-corrected chi connectivity index (χ2v) is 11.5. The SMILES string of the molecule is CC12CCC(=O)C=C1[C@@H]1C[C@@H]1C1[C@@H]3[C@@H]4C[C@@H]4C4(CCC(=O)O4)[C@@]3(C)CC[C@@H]12. The van der Waals surface area contributed by atoms with E-state index in [0.29, 0.717) is 24.0 Å². The molecule has 1 heterocycles. The van der Waals surface area contributed by atoms with Gasteiger partial charge < -0.3 is 4.74 Å². The number of carbonyl (C=O) groups is 2. The molecule has 10 atom stereocenters. The molecule has 0 amide bonds. The average Bonchev–Trinajstić information content (AvgIpc) is 3.53. The molecule has 0 aromatic rings. The van der Waals surface area contributed by atoms with Crippen molar-refractivity contribution < 1.29 is 14.3 Å². The van der Waals surface area contributed by atoms with E-state index in [1.165, 1.54) is 31.3 Å². The van der Waals surface area contributed by atoms with Gasteiger partial charge in [-0.1, -0.05) is 19.4 Å². The molecular formula is C24H30O3. The highest BCUT2D eigenvalue weighted by molar-refractivity contribution is 5.92. The number of rotatable bonds is 0. The van der Waals surface area contributed by atoms with Crippen molar-refractivity contribution in [1.29, 1.82) is 0 Å². The second kappa shape index (κ2) is 4.39. The molecule has 5 saturated carbocycles. The van der Waals surface area contributed by atoms with Crippen LogP contribution in [0.2, 0.25) is 0 Å². The lowest BCUT2D eigenvalue weighted by atomic mass is 9.45. The summed E-state index contributed by atoms with van der Waals surface area (Å²) in [5.41, 5.74) is 1.85. The molecule has 0 radical (unpaired) electrons. The Hall–Kier alpha value is -1.12. The molecule has 1 spiro atoms. The van der Waals surface area contributed by atoms with Crippen LogP contribution in [0.15, 0.2) is 11.6 Å². The molecular weight excluding hydrogens is 336 g/mol. The summed E-state index contributed by atoms with van der Waals surface area (Å²) >= 11 is 0. The normalized spacial score (nSPS) is 62.0. The number of carbonyl (C=O) groups excluding carboxylic acids is 2. The molecule has 1 aliphatic heterocycles. The Labute approximate surface area is 161 Å². The van der Waals surface area contributed by atoms with Gasteiger partial charge in [-0.15, -0.1) is 0 Å². The van der Waals surface area contributed by atoms with Crippen LogP contribution in [0.3, 0.4) is 0 Å². The molecule has 27 heavy (non-hydrogen) atoms. The monoisotopic (exact) mass is 366 g/mol. The van der Waals surface area contributed by atoms with Gasteiger partial charge in [0.2, 0.25) is 0 Å². The standard InChI is InChI=1S/C24H30O3/c1-22-6-3-12(25)9-17(22)13-10-14(13)20-16(22)4-7-23(2)21(20)15-11-18(15)24(23)8-5-19(26)27-24/h9,13-16,18,20-21H,3-8,10-11H2,1-2H3/t13-,14+,15-,16+,18+,20?,21+,22?,23+,24?/m1/s1. The molecule has 144 valence electrons. The molecule has 7 aliphatic rings. The van der Waals surface area contributed by atoms with E-state index in [-0.39, 0.29) is 22.4 Å². The number of esters is 1. The first kappa shape index (κ1) is 15.8. The van der Waals surface area contributed by atoms with E-state index in [9.17, 15) is 9.59 Å². The Morgan fingerprint density at radius 3 is 2.63 bits per heavy atom. The molecule has 6 fully saturated rings. The molecule has 0 bridgehead atoms. The number of hydrogen-bond donors (Lipinski definition) is 0. The van der Waals surface area contributed by atoms with E-state index in [1.54, 1.807) is 0 Å². The lowest BCUT2D eigenvalue weighted by Crippen LogP contribution is -2.57. The van der Waals surface area contributed by atoms with Gasteiger partial charge in [0, 0.05) is 24.2 Å². The van der Waals surface area contributed by atoms with E-state index in [2.05, 4.69) is 19.9 Å². The number of hydrogen-bond acceptors (Lipinski definition) is 3. The third kappa shape index (κ3) is 1.58. The van der Waals surface area contributed by atoms with E-state index in [0.717, 1.165) is 48.9 Å². The van der Waals surface area contributed by atoms with Crippen LogP contribution in [0.4, 0.5) is 0 Å². The first-order chi connectivity index (χ1) is 12.9. The smallest absolute Gasteiger partial charge is 0.306 e. The second-order valence-electron chi connectivity index (χ2n) is 11.5. The van der Waals surface area contributed by atoms with E-state index >= 15 is 0 Å². The van der Waals surface area contributed by atoms with Crippen molar-refractivity contribution in [3.63, 3.8) is 0 Å². The van der Waals surface area contributed by atoms with Crippen molar-refractivity contribution in [2.75, 3.05) is 0 Å². The lowest BCUT2D eigenvalue weighted by molar-refractivity contribution is -0.177. The summed E-state index contributed by atoms with van der Waals surface area (Å²) in [7, 11) is 0. The molecule has 3 heteroatoms. The van der Waals surface area contributed by atoms with Gasteiger partial charge in [0.05, 0.1) is 0 Å². The first-order valence-corrected chi connectivity index (χ1v) is 11.4. The predicted molar refractivity (Wildman–Crippen MR) is 99.5 cm³/mol. The molecule has 3 unspecified atom stereocenters. The summed E-state index contributed by atoms with van der Waals surface area (Å²) in [6.07, 6.45) is 10.6. The molecule has 3 nitrogen and oxygen atoms in total. The molecule has 1 saturated heterocycles. The minimum Gasteiger partial charge on any atom is -0.458 e. The third-order valence-corrected chi connectivity index (χ3v) is 10.9. The Balaban J connectivity index is 1.33. The average molecular weight is 367 g/mol. The fourth-order valence-electron chi connectivity index (χ4n) is 9.74. The number of fused-ring (bicyclic) bond motifs is 12. The highest BCUT2D eigenvalue weighted by Crippen LogP contribution is 2.82. The Morgan fingerprint density at radius 2 is 1.85 bits per heavy atom. The summed E-state index contributed by atoms with van der Waals surface area (Å²) in [5.74, 6) is 5.65. The summed E-state index contributed by atoms with van der Waals surface area (Å²) in [5, 5.41) is 0. The van der Waals surface area contributed by atoms with Crippen LogP contribution in [-0.2, 0) is 14.3 Å². The van der Waals surface area contributed by atoms with E-state index in [4.69, 9.17) is 4.74 Å². The summed E-state index contributed by atoms with van der Waals surface area (Å²) in [6.45, 7) is 4.99. The number of ketones is 1. The van der Waals surface area contributed by atoms with Gasteiger partial charge >= 0.3 is 5.97 Å². The number of allylic oxidation sites excluding steroid dienone is 1. The zero-order valence-electron chi connectivity index (χ0n) is 16.5. The Bertz CT molecular complexity index is 827. The van der Waals surface area contributed by atoms with Crippen LogP contribution in [0.25, 0.3) is 0 Å². The Kier molecular flexibility index (Phi) is 2.56. The topological polar surface area (TPSA) is 43.4 Å². The van der Waals surface area contributed by atoms with Crippen molar-refractivity contribution in [3.05, 3.63) is 11.6 Å². The van der Waals surface area contributed by atoms with Crippen LogP contribution in [0, 0.1) is 52.3 Å². The summed E-state index contributed by atoms with van der Waals surface area (Å²) in [4.78, 5) is 24.3. The van der Waals surface area contributed by atoms with Crippen LogP contribution in [0.5, 0.6) is 0 Å². The molecule has 6 aliphatic carbocycles. The fraction of sp³-hybridized carbons (Fsp3) is 0.833. The highest BCUT2D eigenvalue weighted by Gasteiger charge is 2.81. The van der Waals surface area contributed by atoms with Crippen LogP contribution in [0.1, 0.15) is 65.2 Å². The van der Waals surface area contributed by atoms with Gasteiger partial charge in [0.25, 0.3) is 0 Å². The van der Waals surface area contributed by atoms with Gasteiger partial charge in [-0.25, -0.2) is 0 Å². The molecule has 0 aromatic carbocycles. The van der Waals surface area contributed by atoms with Crippen molar-refractivity contribution in [1.82, 2.24) is 0 Å². The van der Waals surface area contributed by atoms with E-state index < -0.39 is 0 Å². The maximum Gasteiger partial charge on any atom is 0.306 e. The molecule has 7 rings (SSSR count). The quantitative estimate of drug-likeness (QED) is 0.600. The Morgan fingerprint density at radius 1 is 1.00 bits per heavy atom.